The van der Waals surface area contributed by atoms with E-state index in [1.807, 2.05) is 84.2 Å². The summed E-state index contributed by atoms with van der Waals surface area (Å²) >= 11 is 2.66. The highest BCUT2D eigenvalue weighted by molar-refractivity contribution is 7.14. The van der Waals surface area contributed by atoms with Crippen LogP contribution in [0.1, 0.15) is 4.88 Å². The number of fused-ring (bicyclic) bond motifs is 1. The van der Waals surface area contributed by atoms with Crippen LogP contribution in [-0.2, 0) is 4.79 Å². The molecule has 0 saturated heterocycles. The summed E-state index contributed by atoms with van der Waals surface area (Å²) in [7, 11) is 0. The highest BCUT2D eigenvalue weighted by Crippen LogP contribution is 2.32. The highest BCUT2D eigenvalue weighted by Gasteiger charge is 2.26. The maximum atomic E-state index is 12.8. The Morgan fingerprint density at radius 2 is 1.59 bits per heavy atom. The summed E-state index contributed by atoms with van der Waals surface area (Å²) in [5.41, 5.74) is 2.96. The fraction of sp³-hybridized carbons (Fsp3) is 0. The summed E-state index contributed by atoms with van der Waals surface area (Å²) in [6, 6.07) is 26.7. The third-order valence-corrected chi connectivity index (χ3v) is 7.18. The van der Waals surface area contributed by atoms with Crippen molar-refractivity contribution in [3.05, 3.63) is 111 Å². The Bertz CT molecular complexity index is 1730. The van der Waals surface area contributed by atoms with Crippen LogP contribution in [0.2, 0.25) is 0 Å². The minimum Gasteiger partial charge on any atom is -0.493 e. The molecule has 0 spiro atoms. The van der Waals surface area contributed by atoms with E-state index in [-0.39, 0.29) is 11.8 Å². The average molecular weight is 481 g/mol. The van der Waals surface area contributed by atoms with Gasteiger partial charge in [-0.15, -0.1) is 11.3 Å². The summed E-state index contributed by atoms with van der Waals surface area (Å²) in [6.07, 6.45) is 0. The first kappa shape index (κ1) is 20.5. The zero-order chi connectivity index (χ0) is 23.1. The van der Waals surface area contributed by atoms with Gasteiger partial charge in [-0.1, -0.05) is 78.1 Å². The van der Waals surface area contributed by atoms with Crippen LogP contribution in [-0.4, -0.2) is 20.6 Å². The molecule has 0 fully saturated rings. The fourth-order valence-electron chi connectivity index (χ4n) is 3.84. The van der Waals surface area contributed by atoms with Gasteiger partial charge in [0.25, 0.3) is 5.91 Å². The number of hydrogen-bond donors (Lipinski definition) is 1. The zero-order valence-electron chi connectivity index (χ0n) is 17.6. The lowest BCUT2D eigenvalue weighted by Crippen LogP contribution is -2.22. The molecule has 0 bridgehead atoms. The largest absolute Gasteiger partial charge is 0.493 e. The Labute approximate surface area is 201 Å². The van der Waals surface area contributed by atoms with Crippen LogP contribution in [0.3, 0.4) is 0 Å². The van der Waals surface area contributed by atoms with E-state index in [0.717, 1.165) is 16.9 Å². The Balaban J connectivity index is 1.58. The molecule has 164 valence electrons. The van der Waals surface area contributed by atoms with Crippen molar-refractivity contribution in [2.75, 3.05) is 0 Å². The van der Waals surface area contributed by atoms with Crippen molar-refractivity contribution in [1.29, 1.82) is 0 Å². The summed E-state index contributed by atoms with van der Waals surface area (Å²) in [4.78, 5) is 27.3. The number of thiazole rings is 2. The smallest absolute Gasteiger partial charge is 0.279 e. The predicted octanol–water partition coefficient (Wildman–Crippen LogP) is 3.96. The van der Waals surface area contributed by atoms with Gasteiger partial charge in [-0.2, -0.15) is 4.99 Å². The second-order valence-electron chi connectivity index (χ2n) is 7.51. The molecule has 3 heterocycles. The van der Waals surface area contributed by atoms with Gasteiger partial charge in [0.2, 0.25) is 11.0 Å². The van der Waals surface area contributed by atoms with E-state index in [9.17, 15) is 9.90 Å². The first-order valence-electron chi connectivity index (χ1n) is 10.5. The second kappa shape index (κ2) is 8.33. The molecule has 5 aromatic rings. The first-order valence-corrected chi connectivity index (χ1v) is 12.2. The Morgan fingerprint density at radius 1 is 0.882 bits per heavy atom. The molecule has 1 N–H and O–H groups in total. The third kappa shape index (κ3) is 3.49. The van der Waals surface area contributed by atoms with Crippen molar-refractivity contribution >= 4 is 39.3 Å². The lowest BCUT2D eigenvalue weighted by molar-refractivity contribution is -0.112. The van der Waals surface area contributed by atoms with Crippen molar-refractivity contribution in [2.45, 2.75) is 0 Å². The molecule has 0 aliphatic carbocycles. The maximum Gasteiger partial charge on any atom is 0.279 e. The monoisotopic (exact) mass is 480 g/mol. The first-order chi connectivity index (χ1) is 16.7. The Hall–Kier alpha value is -4.14. The minimum atomic E-state index is -0.370. The SMILES string of the molecule is O=C1N=c2ccccc2=C1c1s/c(=N/c2nc(-c3ccccc3)cs2)n(-c2ccccc2)c1O. The van der Waals surface area contributed by atoms with Crippen LogP contribution in [0, 0.1) is 0 Å². The predicted molar refractivity (Wildman–Crippen MR) is 133 cm³/mol. The van der Waals surface area contributed by atoms with Gasteiger partial charge in [-0.25, -0.2) is 9.98 Å². The van der Waals surface area contributed by atoms with E-state index in [1.54, 1.807) is 10.6 Å². The quantitative estimate of drug-likeness (QED) is 0.423. The molecular formula is C26H16N4O2S2. The number of carbonyl (C=O) groups excluding carboxylic acids is 1. The molecule has 0 radical (unpaired) electrons. The molecule has 2 aromatic heterocycles. The second-order valence-corrected chi connectivity index (χ2v) is 9.32. The Morgan fingerprint density at radius 3 is 2.38 bits per heavy atom. The van der Waals surface area contributed by atoms with Gasteiger partial charge < -0.3 is 5.11 Å². The van der Waals surface area contributed by atoms with Crippen molar-refractivity contribution in [1.82, 2.24) is 9.55 Å². The zero-order valence-corrected chi connectivity index (χ0v) is 19.3. The highest BCUT2D eigenvalue weighted by atomic mass is 32.1. The molecular weight excluding hydrogens is 464 g/mol. The molecule has 34 heavy (non-hydrogen) atoms. The number of carbonyl (C=O) groups is 1. The number of amides is 1. The number of aromatic nitrogens is 2. The van der Waals surface area contributed by atoms with Gasteiger partial charge in [0.1, 0.15) is 4.88 Å². The topological polar surface area (TPSA) is 79.8 Å². The summed E-state index contributed by atoms with van der Waals surface area (Å²) in [5.74, 6) is -0.421. The van der Waals surface area contributed by atoms with Gasteiger partial charge >= 0.3 is 0 Å². The molecule has 1 aliphatic rings. The molecule has 1 aliphatic heterocycles. The molecule has 3 aromatic carbocycles. The van der Waals surface area contributed by atoms with E-state index in [0.29, 0.717) is 31.0 Å². The lowest BCUT2D eigenvalue weighted by atomic mass is 10.1. The van der Waals surface area contributed by atoms with E-state index >= 15 is 0 Å². The van der Waals surface area contributed by atoms with E-state index in [4.69, 9.17) is 4.99 Å². The molecule has 0 atom stereocenters. The maximum absolute atomic E-state index is 12.8. The van der Waals surface area contributed by atoms with E-state index < -0.39 is 0 Å². The van der Waals surface area contributed by atoms with Crippen molar-refractivity contribution in [2.24, 2.45) is 9.98 Å². The average Bonchev–Trinajstić information content (AvgIpc) is 3.55. The van der Waals surface area contributed by atoms with Crippen molar-refractivity contribution in [3.63, 3.8) is 0 Å². The number of rotatable bonds is 4. The van der Waals surface area contributed by atoms with Gasteiger partial charge in [0.05, 0.1) is 22.3 Å². The standard InChI is InChI=1S/C26H16N4O2S2/c31-23-21(18-13-7-8-14-19(18)27-23)22-24(32)30(17-11-5-2-6-12-17)26(34-22)29-25-28-20(15-33-25)16-9-3-1-4-10-16/h1-15,32H/b29-26+. The van der Waals surface area contributed by atoms with Crippen molar-refractivity contribution < 1.29 is 9.90 Å². The van der Waals surface area contributed by atoms with Crippen molar-refractivity contribution in [3.8, 4) is 22.8 Å². The van der Waals surface area contributed by atoms with Crippen LogP contribution in [0.4, 0.5) is 5.13 Å². The summed E-state index contributed by atoms with van der Waals surface area (Å²) in [6.45, 7) is 0. The normalized spacial score (nSPS) is 13.2. The number of benzene rings is 3. The third-order valence-electron chi connectivity index (χ3n) is 5.40. The molecule has 8 heteroatoms. The van der Waals surface area contributed by atoms with Gasteiger partial charge in [-0.3, -0.25) is 9.36 Å². The summed E-state index contributed by atoms with van der Waals surface area (Å²) < 4.78 is 1.64. The van der Waals surface area contributed by atoms with Crippen LogP contribution >= 0.6 is 22.7 Å². The Kier molecular flexibility index (Phi) is 5.01. The van der Waals surface area contributed by atoms with Crippen LogP contribution in [0.15, 0.2) is 100 Å². The number of para-hydroxylation sites is 2. The minimum absolute atomic E-state index is 0.0509. The van der Waals surface area contributed by atoms with Gasteiger partial charge in [0, 0.05) is 16.2 Å². The van der Waals surface area contributed by atoms with Crippen LogP contribution in [0.5, 0.6) is 5.88 Å². The van der Waals surface area contributed by atoms with Crippen LogP contribution < -0.4 is 15.4 Å². The van der Waals surface area contributed by atoms with Crippen LogP contribution in [0.25, 0.3) is 22.5 Å². The number of nitrogens with zero attached hydrogens (tertiary/aromatic N) is 4. The summed E-state index contributed by atoms with van der Waals surface area (Å²) in [5, 5.41) is 15.1. The van der Waals surface area contributed by atoms with E-state index in [1.165, 1.54) is 22.7 Å². The molecule has 0 unspecified atom stereocenters. The molecule has 6 rings (SSSR count). The van der Waals surface area contributed by atoms with Gasteiger partial charge in [-0.05, 0) is 18.2 Å². The molecule has 1 amide bonds. The number of aromatic hydroxyl groups is 1. The molecule has 0 saturated carbocycles. The van der Waals surface area contributed by atoms with Gasteiger partial charge in [0.15, 0.2) is 4.80 Å². The number of hydrogen-bond acceptors (Lipinski definition) is 6. The van der Waals surface area contributed by atoms with E-state index in [2.05, 4.69) is 9.98 Å². The fourth-order valence-corrected chi connectivity index (χ4v) is 5.68. The lowest BCUT2D eigenvalue weighted by Gasteiger charge is -2.05. The molecule has 6 nitrogen and oxygen atoms in total.